The number of halogens is 2. The van der Waals surface area contributed by atoms with Crippen molar-refractivity contribution < 1.29 is 9.59 Å². The smallest absolute Gasteiger partial charge is 0.324 e. The number of carbonyl (C=O) groups excluding carboxylic acids is 2. The normalized spacial score (nSPS) is 14.0. The fourth-order valence-corrected chi connectivity index (χ4v) is 5.48. The SMILES string of the molecule is Cc1ccc(-n2nc(C(C)(C)C)cc2NC(=O)Nc2ccc(CN3CCN(C(=O)c4c(Cl)cccc4Cl)CC3)cc2)cc1. The molecule has 0 saturated carbocycles. The van der Waals surface area contributed by atoms with Crippen molar-refractivity contribution in [3.8, 4) is 5.69 Å². The number of rotatable bonds is 6. The number of aryl methyl sites for hydroxylation is 1. The van der Waals surface area contributed by atoms with Gasteiger partial charge in [0.15, 0.2) is 0 Å². The van der Waals surface area contributed by atoms with Crippen LogP contribution in [0.1, 0.15) is 48.0 Å². The average Bonchev–Trinajstić information content (AvgIpc) is 3.39. The summed E-state index contributed by atoms with van der Waals surface area (Å²) < 4.78 is 1.76. The van der Waals surface area contributed by atoms with E-state index in [0.717, 1.165) is 42.1 Å². The molecule has 0 spiro atoms. The van der Waals surface area contributed by atoms with Gasteiger partial charge in [-0.2, -0.15) is 5.10 Å². The number of amides is 3. The van der Waals surface area contributed by atoms with Crippen LogP contribution in [0.5, 0.6) is 0 Å². The van der Waals surface area contributed by atoms with E-state index in [1.807, 2.05) is 61.5 Å². The highest BCUT2D eigenvalue weighted by Gasteiger charge is 2.25. The number of piperazine rings is 1. The topological polar surface area (TPSA) is 82.5 Å². The molecule has 0 radical (unpaired) electrons. The van der Waals surface area contributed by atoms with Crippen LogP contribution in [0.25, 0.3) is 5.69 Å². The van der Waals surface area contributed by atoms with Crippen LogP contribution in [0, 0.1) is 6.92 Å². The van der Waals surface area contributed by atoms with Gasteiger partial charge in [-0.1, -0.05) is 79.9 Å². The second-order valence-corrected chi connectivity index (χ2v) is 12.7. The summed E-state index contributed by atoms with van der Waals surface area (Å²) in [5.74, 6) is 0.456. The van der Waals surface area contributed by atoms with Gasteiger partial charge in [0.25, 0.3) is 5.91 Å². The first-order valence-corrected chi connectivity index (χ1v) is 15.0. The van der Waals surface area contributed by atoms with Crippen LogP contribution in [0.3, 0.4) is 0 Å². The van der Waals surface area contributed by atoms with Crippen LogP contribution < -0.4 is 10.6 Å². The number of nitrogens with one attached hydrogen (secondary N) is 2. The third-order valence-electron chi connectivity index (χ3n) is 7.45. The molecule has 0 unspecified atom stereocenters. The largest absolute Gasteiger partial charge is 0.336 e. The first-order chi connectivity index (χ1) is 20.5. The highest BCUT2D eigenvalue weighted by Crippen LogP contribution is 2.28. The van der Waals surface area contributed by atoms with Crippen molar-refractivity contribution in [3.63, 3.8) is 0 Å². The van der Waals surface area contributed by atoms with Gasteiger partial charge >= 0.3 is 6.03 Å². The molecule has 0 aliphatic carbocycles. The summed E-state index contributed by atoms with van der Waals surface area (Å²) in [7, 11) is 0. The first kappa shape index (κ1) is 30.6. The van der Waals surface area contributed by atoms with Gasteiger partial charge in [-0.15, -0.1) is 0 Å². The highest BCUT2D eigenvalue weighted by molar-refractivity contribution is 6.39. The zero-order chi connectivity index (χ0) is 30.7. The van der Waals surface area contributed by atoms with Crippen molar-refractivity contribution in [1.29, 1.82) is 0 Å². The molecule has 3 aromatic carbocycles. The second kappa shape index (κ2) is 12.8. The summed E-state index contributed by atoms with van der Waals surface area (Å²) in [6, 6.07) is 22.5. The summed E-state index contributed by atoms with van der Waals surface area (Å²) in [5.41, 5.74) is 4.89. The average molecular weight is 620 g/mol. The Balaban J connectivity index is 1.17. The molecule has 43 heavy (non-hydrogen) atoms. The Labute approximate surface area is 262 Å². The molecule has 1 aromatic heterocycles. The number of nitrogens with zero attached hydrogens (tertiary/aromatic N) is 4. The highest BCUT2D eigenvalue weighted by atomic mass is 35.5. The van der Waals surface area contributed by atoms with Crippen LogP contribution in [-0.2, 0) is 12.0 Å². The molecule has 4 aromatic rings. The lowest BCUT2D eigenvalue weighted by atomic mass is 9.92. The van der Waals surface area contributed by atoms with E-state index in [0.29, 0.717) is 40.2 Å². The molecule has 3 amide bonds. The standard InChI is InChI=1S/C33H36Cl2N6O2/c1-22-8-14-25(15-9-22)41-29(20-28(38-41)33(2,3)4)37-32(43)36-24-12-10-23(11-13-24)21-39-16-18-40(19-17-39)31(42)30-26(34)6-5-7-27(30)35/h5-15,20H,16-19,21H2,1-4H3,(H2,36,37,43). The van der Waals surface area contributed by atoms with E-state index in [4.69, 9.17) is 28.3 Å². The molecule has 0 bridgehead atoms. The number of benzene rings is 3. The molecule has 5 rings (SSSR count). The van der Waals surface area contributed by atoms with Crippen LogP contribution >= 0.6 is 23.2 Å². The van der Waals surface area contributed by atoms with E-state index in [-0.39, 0.29) is 17.4 Å². The molecule has 0 atom stereocenters. The Morgan fingerprint density at radius 3 is 2.09 bits per heavy atom. The lowest BCUT2D eigenvalue weighted by Gasteiger charge is -2.35. The molecule has 1 aliphatic heterocycles. The predicted octanol–water partition coefficient (Wildman–Crippen LogP) is 7.39. The lowest BCUT2D eigenvalue weighted by molar-refractivity contribution is 0.0629. The van der Waals surface area contributed by atoms with E-state index in [1.165, 1.54) is 0 Å². The van der Waals surface area contributed by atoms with E-state index >= 15 is 0 Å². The zero-order valence-corrected chi connectivity index (χ0v) is 26.3. The van der Waals surface area contributed by atoms with Crippen LogP contribution in [0.4, 0.5) is 16.3 Å². The number of hydrogen-bond donors (Lipinski definition) is 2. The summed E-state index contributed by atoms with van der Waals surface area (Å²) in [6.07, 6.45) is 0. The monoisotopic (exact) mass is 618 g/mol. The van der Waals surface area contributed by atoms with Crippen LogP contribution in [-0.4, -0.2) is 57.7 Å². The van der Waals surface area contributed by atoms with Gasteiger partial charge in [-0.05, 0) is 48.9 Å². The van der Waals surface area contributed by atoms with E-state index in [9.17, 15) is 9.59 Å². The molecule has 1 saturated heterocycles. The summed E-state index contributed by atoms with van der Waals surface area (Å²) in [5, 5.41) is 11.4. The summed E-state index contributed by atoms with van der Waals surface area (Å²) in [6.45, 7) is 11.7. The Kier molecular flexibility index (Phi) is 9.11. The third-order valence-corrected chi connectivity index (χ3v) is 8.08. The second-order valence-electron chi connectivity index (χ2n) is 11.9. The Morgan fingerprint density at radius 2 is 1.49 bits per heavy atom. The number of aromatic nitrogens is 2. The minimum absolute atomic E-state index is 0.138. The van der Waals surface area contributed by atoms with Gasteiger partial charge in [0.05, 0.1) is 27.0 Å². The fourth-order valence-electron chi connectivity index (χ4n) is 4.92. The van der Waals surface area contributed by atoms with Crippen molar-refractivity contribution in [2.45, 2.75) is 39.7 Å². The molecule has 8 nitrogen and oxygen atoms in total. The molecule has 10 heteroatoms. The maximum Gasteiger partial charge on any atom is 0.324 e. The predicted molar refractivity (Wildman–Crippen MR) is 174 cm³/mol. The molecule has 1 fully saturated rings. The Hall–Kier alpha value is -3.85. The maximum absolute atomic E-state index is 13.0. The zero-order valence-electron chi connectivity index (χ0n) is 24.8. The van der Waals surface area contributed by atoms with Crippen LogP contribution in [0.2, 0.25) is 10.0 Å². The molecular formula is C33H36Cl2N6O2. The maximum atomic E-state index is 13.0. The van der Waals surface area contributed by atoms with Gasteiger partial charge in [0.2, 0.25) is 0 Å². The van der Waals surface area contributed by atoms with Gasteiger partial charge < -0.3 is 10.2 Å². The van der Waals surface area contributed by atoms with E-state index < -0.39 is 0 Å². The molecule has 224 valence electrons. The third kappa shape index (κ3) is 7.39. The number of urea groups is 1. The molecule has 2 N–H and O–H groups in total. The molecule has 1 aliphatic rings. The van der Waals surface area contributed by atoms with Crippen molar-refractivity contribution in [2.75, 3.05) is 36.8 Å². The van der Waals surface area contributed by atoms with Gasteiger partial charge in [-0.3, -0.25) is 15.0 Å². The van der Waals surface area contributed by atoms with Crippen LogP contribution in [0.15, 0.2) is 72.8 Å². The lowest BCUT2D eigenvalue weighted by Crippen LogP contribution is -2.48. The fraction of sp³-hybridized carbons (Fsp3) is 0.303. The van der Waals surface area contributed by atoms with Crippen molar-refractivity contribution in [1.82, 2.24) is 19.6 Å². The molecular weight excluding hydrogens is 583 g/mol. The van der Waals surface area contributed by atoms with Gasteiger partial charge in [-0.25, -0.2) is 9.48 Å². The number of hydrogen-bond acceptors (Lipinski definition) is 4. The molecule has 2 heterocycles. The van der Waals surface area contributed by atoms with Crippen molar-refractivity contribution in [3.05, 3.63) is 105 Å². The quantitative estimate of drug-likeness (QED) is 0.236. The summed E-state index contributed by atoms with van der Waals surface area (Å²) >= 11 is 12.5. The van der Waals surface area contributed by atoms with E-state index in [2.05, 4.69) is 36.3 Å². The number of anilines is 2. The van der Waals surface area contributed by atoms with E-state index in [1.54, 1.807) is 27.8 Å². The Bertz CT molecular complexity index is 1580. The minimum atomic E-state index is -0.346. The van der Waals surface area contributed by atoms with Gasteiger partial charge in [0, 0.05) is 49.9 Å². The number of carbonyl (C=O) groups is 2. The minimum Gasteiger partial charge on any atom is -0.336 e. The summed E-state index contributed by atoms with van der Waals surface area (Å²) in [4.78, 5) is 30.1. The van der Waals surface area contributed by atoms with Crippen molar-refractivity contribution in [2.24, 2.45) is 0 Å². The first-order valence-electron chi connectivity index (χ1n) is 14.3. The Morgan fingerprint density at radius 1 is 0.860 bits per heavy atom. The van der Waals surface area contributed by atoms with Gasteiger partial charge in [0.1, 0.15) is 5.82 Å². The van der Waals surface area contributed by atoms with Crippen molar-refractivity contribution >= 4 is 46.6 Å².